The number of hydrogen-bond donors (Lipinski definition) is 4. The Morgan fingerprint density at radius 3 is 1.55 bits per heavy atom. The van der Waals surface area contributed by atoms with E-state index in [-0.39, 0.29) is 46.2 Å². The van der Waals surface area contributed by atoms with Gasteiger partial charge in [-0.05, 0) is 76.1 Å². The van der Waals surface area contributed by atoms with E-state index in [9.17, 15) is 20.4 Å². The molecular weight excluding hydrogens is 532 g/mol. The standard InChI is InChI=1S/C34H36N2O6/c1-35-9-7-33-19-3-5-23(37)31(33)41-29-25(33)15(13-21(19)35)11-17(27(29)39)18-12-16-14-22-20-4-6-24(38)32-34(20,8-10-36(22)2)26(16)30(42-32)28(18)40/h3-6,11-12,19-24,31-32,37-40H,7-10,13-14H2,1-2H3/t19-,20+,21-,22-,23-,24+,31-,32+,33+,34+/m0/s1. The minimum absolute atomic E-state index is 0.0181. The highest BCUT2D eigenvalue weighted by Crippen LogP contribution is 2.67. The smallest absolute Gasteiger partial charge is 0.166 e. The summed E-state index contributed by atoms with van der Waals surface area (Å²) in [5.74, 6) is 1.38. The van der Waals surface area contributed by atoms with Crippen LogP contribution < -0.4 is 9.47 Å². The number of phenolic OH excluding ortho intramolecular Hbond substituents is 2. The first kappa shape index (κ1) is 24.4. The minimum Gasteiger partial charge on any atom is -0.504 e. The van der Waals surface area contributed by atoms with Crippen LogP contribution in [0.15, 0.2) is 36.4 Å². The molecule has 4 N–H and O–H groups in total. The zero-order valence-electron chi connectivity index (χ0n) is 23.8. The van der Waals surface area contributed by atoms with E-state index in [0.717, 1.165) is 61.0 Å². The summed E-state index contributed by atoms with van der Waals surface area (Å²) in [6.07, 6.45) is 9.02. The largest absolute Gasteiger partial charge is 0.504 e. The summed E-state index contributed by atoms with van der Waals surface area (Å²) < 4.78 is 13.1. The minimum atomic E-state index is -0.746. The second-order valence-electron chi connectivity index (χ2n) is 14.2. The van der Waals surface area contributed by atoms with Gasteiger partial charge in [-0.25, -0.2) is 0 Å². The molecule has 0 amide bonds. The number of rotatable bonds is 1. The number of aliphatic hydroxyl groups excluding tert-OH is 2. The lowest BCUT2D eigenvalue weighted by molar-refractivity contribution is -0.0453. The van der Waals surface area contributed by atoms with Gasteiger partial charge >= 0.3 is 0 Å². The van der Waals surface area contributed by atoms with Crippen LogP contribution >= 0.6 is 0 Å². The van der Waals surface area contributed by atoms with Gasteiger partial charge < -0.3 is 39.7 Å². The van der Waals surface area contributed by atoms with Crippen molar-refractivity contribution in [3.05, 3.63) is 58.7 Å². The van der Waals surface area contributed by atoms with Crippen LogP contribution in [0.25, 0.3) is 11.1 Å². The second kappa shape index (κ2) is 7.53. The van der Waals surface area contributed by atoms with Gasteiger partial charge in [0.2, 0.25) is 0 Å². The lowest BCUT2D eigenvalue weighted by atomic mass is 9.53. The van der Waals surface area contributed by atoms with Crippen molar-refractivity contribution in [3.8, 4) is 34.1 Å². The van der Waals surface area contributed by atoms with Crippen molar-refractivity contribution in [1.29, 1.82) is 0 Å². The van der Waals surface area contributed by atoms with E-state index < -0.39 is 24.4 Å². The van der Waals surface area contributed by atoms with Crippen LogP contribution in [-0.2, 0) is 23.7 Å². The van der Waals surface area contributed by atoms with Crippen LogP contribution in [0.4, 0.5) is 0 Å². The van der Waals surface area contributed by atoms with Gasteiger partial charge in [-0.15, -0.1) is 0 Å². The molecule has 10 atom stereocenters. The summed E-state index contributed by atoms with van der Waals surface area (Å²) in [6, 6.07) is 4.65. The number of nitrogens with zero attached hydrogens (tertiary/aromatic N) is 2. The van der Waals surface area contributed by atoms with Gasteiger partial charge in [0.15, 0.2) is 23.0 Å². The first-order valence-corrected chi connectivity index (χ1v) is 15.5. The molecule has 10 rings (SSSR count). The molecule has 8 heteroatoms. The molecule has 2 aromatic carbocycles. The predicted molar refractivity (Wildman–Crippen MR) is 154 cm³/mol. The Hall–Kier alpha value is -3.04. The van der Waals surface area contributed by atoms with E-state index in [2.05, 4.69) is 48.2 Å². The molecule has 4 aliphatic carbocycles. The fourth-order valence-electron chi connectivity index (χ4n) is 11.0. The van der Waals surface area contributed by atoms with Crippen molar-refractivity contribution in [1.82, 2.24) is 9.80 Å². The molecule has 42 heavy (non-hydrogen) atoms. The van der Waals surface area contributed by atoms with E-state index in [4.69, 9.17) is 9.47 Å². The van der Waals surface area contributed by atoms with Crippen LogP contribution in [0.2, 0.25) is 0 Å². The third kappa shape index (κ3) is 2.48. The highest BCUT2D eigenvalue weighted by atomic mass is 16.5. The maximum absolute atomic E-state index is 11.9. The Kier molecular flexibility index (Phi) is 4.38. The lowest BCUT2D eigenvalue weighted by Gasteiger charge is -2.56. The van der Waals surface area contributed by atoms with Crippen molar-refractivity contribution in [2.75, 3.05) is 27.2 Å². The topological polar surface area (TPSA) is 106 Å². The van der Waals surface area contributed by atoms with Crippen molar-refractivity contribution in [2.45, 2.75) is 73.0 Å². The molecule has 4 bridgehead atoms. The van der Waals surface area contributed by atoms with E-state index in [1.165, 1.54) is 0 Å². The average molecular weight is 569 g/mol. The summed E-state index contributed by atoms with van der Waals surface area (Å²) in [4.78, 5) is 4.83. The number of ether oxygens (including phenoxy) is 2. The summed E-state index contributed by atoms with van der Waals surface area (Å²) in [6.45, 7) is 1.82. The van der Waals surface area contributed by atoms with Crippen molar-refractivity contribution < 1.29 is 29.9 Å². The third-order valence-electron chi connectivity index (χ3n) is 12.8. The lowest BCUT2D eigenvalue weighted by Crippen LogP contribution is -2.64. The molecule has 2 spiro atoms. The summed E-state index contributed by atoms with van der Waals surface area (Å²) in [5, 5.41) is 46.0. The number of phenols is 2. The van der Waals surface area contributed by atoms with Crippen molar-refractivity contribution in [3.63, 3.8) is 0 Å². The average Bonchev–Trinajstić information content (AvgIpc) is 3.52. The number of likely N-dealkylation sites (N-methyl/N-ethyl adjacent to an activating group) is 2. The molecule has 0 saturated carbocycles. The van der Waals surface area contributed by atoms with E-state index in [0.29, 0.717) is 22.6 Å². The molecule has 0 unspecified atom stereocenters. The number of piperidine rings is 2. The molecule has 218 valence electrons. The van der Waals surface area contributed by atoms with Crippen LogP contribution in [0.1, 0.15) is 35.1 Å². The van der Waals surface area contributed by atoms with Gasteiger partial charge in [-0.1, -0.05) is 24.3 Å². The molecular formula is C34H36N2O6. The number of likely N-dealkylation sites (tertiary alicyclic amines) is 2. The first-order chi connectivity index (χ1) is 20.3. The van der Waals surface area contributed by atoms with Gasteiger partial charge in [0.25, 0.3) is 0 Å². The highest BCUT2D eigenvalue weighted by molar-refractivity contribution is 5.85. The van der Waals surface area contributed by atoms with Gasteiger partial charge in [0, 0.05) is 57.0 Å². The third-order valence-corrected chi connectivity index (χ3v) is 12.8. The predicted octanol–water partition coefficient (Wildman–Crippen LogP) is 2.38. The second-order valence-corrected chi connectivity index (χ2v) is 14.2. The van der Waals surface area contributed by atoms with Gasteiger partial charge in [0.1, 0.15) is 24.4 Å². The molecule has 2 fully saturated rings. The van der Waals surface area contributed by atoms with Crippen LogP contribution in [-0.4, -0.2) is 93.9 Å². The van der Waals surface area contributed by atoms with Gasteiger partial charge in [-0.3, -0.25) is 0 Å². The molecule has 0 aromatic heterocycles. The Labute approximate surface area is 244 Å². The summed E-state index contributed by atoms with van der Waals surface area (Å²) in [7, 11) is 4.35. The Morgan fingerprint density at radius 2 is 1.12 bits per heavy atom. The van der Waals surface area contributed by atoms with Gasteiger partial charge in [0.05, 0.1) is 0 Å². The maximum Gasteiger partial charge on any atom is 0.166 e. The summed E-state index contributed by atoms with van der Waals surface area (Å²) in [5.41, 5.74) is 4.66. The van der Waals surface area contributed by atoms with Crippen LogP contribution in [0.5, 0.6) is 23.0 Å². The normalized spacial score (nSPS) is 43.0. The maximum atomic E-state index is 11.9. The van der Waals surface area contributed by atoms with E-state index in [1.54, 1.807) is 0 Å². The van der Waals surface area contributed by atoms with Gasteiger partial charge in [-0.2, -0.15) is 0 Å². The molecule has 4 aliphatic heterocycles. The van der Waals surface area contributed by atoms with Crippen LogP contribution in [0, 0.1) is 11.8 Å². The summed E-state index contributed by atoms with van der Waals surface area (Å²) >= 11 is 0. The molecule has 8 nitrogen and oxygen atoms in total. The first-order valence-electron chi connectivity index (χ1n) is 15.5. The van der Waals surface area contributed by atoms with Crippen molar-refractivity contribution >= 4 is 0 Å². The number of aliphatic hydroxyl groups is 2. The highest BCUT2D eigenvalue weighted by Gasteiger charge is 2.66. The van der Waals surface area contributed by atoms with E-state index in [1.807, 2.05) is 12.2 Å². The Balaban J connectivity index is 1.19. The van der Waals surface area contributed by atoms with Crippen molar-refractivity contribution in [2.24, 2.45) is 11.8 Å². The fourth-order valence-corrected chi connectivity index (χ4v) is 11.0. The fraction of sp³-hybridized carbons (Fsp3) is 0.529. The number of benzene rings is 2. The number of aromatic hydroxyl groups is 2. The molecule has 2 aromatic rings. The monoisotopic (exact) mass is 568 g/mol. The SMILES string of the molecule is CN1CC[C@@]23c4c5cc(-c6cc7c8c(c6O)O[C@H]6[C@@H](O)C=C[C@H]9[C@H](C7)N(C)CC[C@]896)c(O)c4O[C@@H]2[C@H](O)C=C[C@@H]3[C@@H]1C5. The Bertz CT molecular complexity index is 1550. The zero-order chi connectivity index (χ0) is 28.4. The molecule has 8 aliphatic rings. The Morgan fingerprint density at radius 1 is 0.690 bits per heavy atom. The molecule has 2 saturated heterocycles. The zero-order valence-corrected chi connectivity index (χ0v) is 23.8. The van der Waals surface area contributed by atoms with E-state index >= 15 is 0 Å². The number of hydrogen-bond acceptors (Lipinski definition) is 8. The molecule has 0 radical (unpaired) electrons. The van der Waals surface area contributed by atoms with Crippen LogP contribution in [0.3, 0.4) is 0 Å². The quantitative estimate of drug-likeness (QED) is 0.389. The molecule has 4 heterocycles.